The van der Waals surface area contributed by atoms with E-state index in [-0.39, 0.29) is 30.2 Å². The van der Waals surface area contributed by atoms with Crippen molar-refractivity contribution in [2.24, 2.45) is 0 Å². The van der Waals surface area contributed by atoms with Gasteiger partial charge in [-0.1, -0.05) is 6.07 Å². The summed E-state index contributed by atoms with van der Waals surface area (Å²) < 4.78 is 20.4. The maximum Gasteiger partial charge on any atom is 0.410 e. The van der Waals surface area contributed by atoms with Crippen LogP contribution in [0, 0.1) is 6.92 Å². The number of ether oxygens (including phenoxy) is 3. The molecule has 9 nitrogen and oxygen atoms in total. The maximum atomic E-state index is 13.1. The van der Waals surface area contributed by atoms with Gasteiger partial charge in [-0.05, 0) is 102 Å². The van der Waals surface area contributed by atoms with Crippen molar-refractivity contribution in [2.75, 3.05) is 33.8 Å². The summed E-state index contributed by atoms with van der Waals surface area (Å²) in [6.45, 7) is 9.79. The number of aromatic hydroxyl groups is 1. The fourth-order valence-corrected chi connectivity index (χ4v) is 5.60. The first-order chi connectivity index (χ1) is 19.5. The first-order valence-electron chi connectivity index (χ1n) is 14.7. The Bertz CT molecular complexity index is 1370. The Balaban J connectivity index is 1.41. The third-order valence-corrected chi connectivity index (χ3v) is 7.85. The zero-order valence-electron chi connectivity index (χ0n) is 25.2. The molecule has 2 aliphatic rings. The molecule has 0 radical (unpaired) electrons. The molecule has 2 fully saturated rings. The molecular weight excluding hydrogens is 520 g/mol. The number of aryl methyl sites for hydroxylation is 1. The van der Waals surface area contributed by atoms with Crippen molar-refractivity contribution in [3.63, 3.8) is 0 Å². The van der Waals surface area contributed by atoms with E-state index in [1.165, 1.54) is 0 Å². The van der Waals surface area contributed by atoms with Gasteiger partial charge in [-0.2, -0.15) is 5.10 Å². The van der Waals surface area contributed by atoms with Gasteiger partial charge in [0.25, 0.3) is 0 Å². The molecule has 1 aromatic heterocycles. The standard InChI is InChI=1S/C32H44N4O5/c1-21-15-24(37)10-11-26(21)22-16-28-27(20-33-36(28)30-9-7-8-14-39-30)29(17-22)40-25-18-23(19-25)35(13-12-34(5)6)31(38)41-32(2,3)4/h10-11,15-17,20,23,25,30,37H,7-9,12-14,18-19H2,1-6H3. The van der Waals surface area contributed by atoms with Crippen LogP contribution in [0.25, 0.3) is 22.0 Å². The number of nitrogens with zero attached hydrogens (tertiary/aromatic N) is 4. The van der Waals surface area contributed by atoms with Gasteiger partial charge in [-0.25, -0.2) is 9.48 Å². The van der Waals surface area contributed by atoms with Crippen LogP contribution in [0.15, 0.2) is 36.5 Å². The Morgan fingerprint density at radius 3 is 2.59 bits per heavy atom. The zero-order chi connectivity index (χ0) is 29.3. The molecule has 2 heterocycles. The number of rotatable bonds is 8. The van der Waals surface area contributed by atoms with E-state index >= 15 is 0 Å². The molecule has 0 spiro atoms. The van der Waals surface area contributed by atoms with Crippen LogP contribution in [0.2, 0.25) is 0 Å². The highest BCUT2D eigenvalue weighted by Gasteiger charge is 2.39. The number of fused-ring (bicyclic) bond motifs is 1. The quantitative estimate of drug-likeness (QED) is 0.352. The van der Waals surface area contributed by atoms with Crippen LogP contribution in [0.1, 0.15) is 64.7 Å². The number of phenolic OH excluding ortho intramolecular Hbond substituents is 1. The van der Waals surface area contributed by atoms with Crippen LogP contribution in [0.5, 0.6) is 11.5 Å². The van der Waals surface area contributed by atoms with Gasteiger partial charge in [-0.15, -0.1) is 0 Å². The number of aromatic nitrogens is 2. The molecule has 2 aromatic carbocycles. The lowest BCUT2D eigenvalue weighted by Crippen LogP contribution is -2.54. The normalized spacial score (nSPS) is 21.1. The monoisotopic (exact) mass is 564 g/mol. The number of hydrogen-bond acceptors (Lipinski definition) is 7. The van der Waals surface area contributed by atoms with Gasteiger partial charge in [0.2, 0.25) is 0 Å². The summed E-state index contributed by atoms with van der Waals surface area (Å²) in [5.41, 5.74) is 3.42. The van der Waals surface area contributed by atoms with Crippen molar-refractivity contribution in [1.29, 1.82) is 0 Å². The lowest BCUT2D eigenvalue weighted by atomic mass is 9.87. The first-order valence-corrected chi connectivity index (χ1v) is 14.7. The molecule has 1 unspecified atom stereocenters. The van der Waals surface area contributed by atoms with E-state index < -0.39 is 5.60 Å². The summed E-state index contributed by atoms with van der Waals surface area (Å²) in [7, 11) is 4.01. The van der Waals surface area contributed by atoms with Gasteiger partial charge >= 0.3 is 6.09 Å². The van der Waals surface area contributed by atoms with E-state index in [0.717, 1.165) is 78.6 Å². The average Bonchev–Trinajstić information content (AvgIpc) is 3.30. The van der Waals surface area contributed by atoms with Gasteiger partial charge in [0.15, 0.2) is 6.23 Å². The molecule has 1 atom stereocenters. The van der Waals surface area contributed by atoms with E-state index in [1.807, 2.05) is 63.6 Å². The molecule has 1 saturated heterocycles. The summed E-state index contributed by atoms with van der Waals surface area (Å²) in [5.74, 6) is 1.02. The second-order valence-electron chi connectivity index (χ2n) is 12.7. The van der Waals surface area contributed by atoms with E-state index in [2.05, 4.69) is 17.0 Å². The Kier molecular flexibility index (Phi) is 8.47. The summed E-state index contributed by atoms with van der Waals surface area (Å²) in [4.78, 5) is 17.0. The topological polar surface area (TPSA) is 89.3 Å². The Labute approximate surface area is 243 Å². The van der Waals surface area contributed by atoms with Crippen LogP contribution in [0.3, 0.4) is 0 Å². The van der Waals surface area contributed by atoms with Gasteiger partial charge in [0, 0.05) is 38.6 Å². The molecule has 1 saturated carbocycles. The third kappa shape index (κ3) is 6.79. The second-order valence-corrected chi connectivity index (χ2v) is 12.7. The van der Waals surface area contributed by atoms with Crippen molar-refractivity contribution < 1.29 is 24.1 Å². The summed E-state index contributed by atoms with van der Waals surface area (Å²) in [6.07, 6.45) is 6.03. The second kappa shape index (κ2) is 11.9. The zero-order valence-corrected chi connectivity index (χ0v) is 25.2. The Hall–Kier alpha value is -3.30. The minimum absolute atomic E-state index is 0.0297. The fourth-order valence-electron chi connectivity index (χ4n) is 5.60. The predicted octanol–water partition coefficient (Wildman–Crippen LogP) is 6.12. The Morgan fingerprint density at radius 2 is 1.93 bits per heavy atom. The summed E-state index contributed by atoms with van der Waals surface area (Å²) in [5, 5.41) is 15.7. The number of likely N-dealkylation sites (N-methyl/N-ethyl adjacent to an activating group) is 1. The number of phenols is 1. The molecule has 0 bridgehead atoms. The molecule has 1 N–H and O–H groups in total. The van der Waals surface area contributed by atoms with Crippen LogP contribution in [-0.4, -0.2) is 82.3 Å². The average molecular weight is 565 g/mol. The van der Waals surface area contributed by atoms with Crippen LogP contribution in [0.4, 0.5) is 4.79 Å². The van der Waals surface area contributed by atoms with Gasteiger partial charge in [-0.3, -0.25) is 0 Å². The largest absolute Gasteiger partial charge is 0.508 e. The summed E-state index contributed by atoms with van der Waals surface area (Å²) >= 11 is 0. The van der Waals surface area contributed by atoms with Gasteiger partial charge in [0.05, 0.1) is 17.1 Å². The summed E-state index contributed by atoms with van der Waals surface area (Å²) in [6, 6.07) is 9.70. The highest BCUT2D eigenvalue weighted by Crippen LogP contribution is 2.39. The minimum Gasteiger partial charge on any atom is -0.508 e. The molecule has 5 rings (SSSR count). The SMILES string of the molecule is Cc1cc(O)ccc1-c1cc(OC2CC(N(CCN(C)C)C(=O)OC(C)(C)C)C2)c2cnn(C3CCCCO3)c2c1. The van der Waals surface area contributed by atoms with Crippen LogP contribution in [-0.2, 0) is 9.47 Å². The maximum absolute atomic E-state index is 13.1. The van der Waals surface area contributed by atoms with E-state index in [9.17, 15) is 9.90 Å². The number of benzene rings is 2. The van der Waals surface area contributed by atoms with E-state index in [4.69, 9.17) is 19.3 Å². The van der Waals surface area contributed by atoms with Gasteiger partial charge in [0.1, 0.15) is 23.2 Å². The minimum atomic E-state index is -0.548. The third-order valence-electron chi connectivity index (χ3n) is 7.85. The van der Waals surface area contributed by atoms with E-state index in [1.54, 1.807) is 12.1 Å². The predicted molar refractivity (Wildman–Crippen MR) is 159 cm³/mol. The number of hydrogen-bond donors (Lipinski definition) is 1. The molecule has 1 amide bonds. The molecule has 9 heteroatoms. The molecule has 1 aliphatic heterocycles. The first kappa shape index (κ1) is 29.2. The number of carbonyl (C=O) groups excluding carboxylic acids is 1. The van der Waals surface area contributed by atoms with Crippen LogP contribution < -0.4 is 4.74 Å². The number of amides is 1. The van der Waals surface area contributed by atoms with Crippen molar-refractivity contribution >= 4 is 17.0 Å². The van der Waals surface area contributed by atoms with Crippen molar-refractivity contribution in [3.05, 3.63) is 42.1 Å². The molecule has 3 aromatic rings. The fraction of sp³-hybridized carbons (Fsp3) is 0.562. The molecule has 222 valence electrons. The Morgan fingerprint density at radius 1 is 1.15 bits per heavy atom. The van der Waals surface area contributed by atoms with Crippen molar-refractivity contribution in [3.8, 4) is 22.6 Å². The van der Waals surface area contributed by atoms with Gasteiger partial charge < -0.3 is 29.1 Å². The molecule has 41 heavy (non-hydrogen) atoms. The number of carbonyl (C=O) groups is 1. The van der Waals surface area contributed by atoms with Crippen molar-refractivity contribution in [1.82, 2.24) is 19.6 Å². The lowest BCUT2D eigenvalue weighted by Gasteiger charge is -2.43. The highest BCUT2D eigenvalue weighted by molar-refractivity contribution is 5.91. The molecular formula is C32H44N4O5. The van der Waals surface area contributed by atoms with Crippen LogP contribution >= 0.6 is 0 Å². The smallest absolute Gasteiger partial charge is 0.410 e. The van der Waals surface area contributed by atoms with E-state index in [0.29, 0.717) is 6.54 Å². The molecule has 1 aliphatic carbocycles. The lowest BCUT2D eigenvalue weighted by molar-refractivity contribution is -0.0366. The highest BCUT2D eigenvalue weighted by atomic mass is 16.6. The van der Waals surface area contributed by atoms with Crippen molar-refractivity contribution in [2.45, 2.75) is 83.8 Å².